The van der Waals surface area contributed by atoms with Crippen molar-refractivity contribution in [3.63, 3.8) is 0 Å². The molecule has 2 bridgehead atoms. The van der Waals surface area contributed by atoms with E-state index < -0.39 is 46.0 Å². The van der Waals surface area contributed by atoms with Crippen molar-refractivity contribution in [1.29, 1.82) is 0 Å². The molecular weight excluding hydrogens is 566 g/mol. The summed E-state index contributed by atoms with van der Waals surface area (Å²) in [5.74, 6) is -2.03. The zero-order chi connectivity index (χ0) is 31.1. The van der Waals surface area contributed by atoms with E-state index in [0.29, 0.717) is 44.7 Å². The molecule has 10 heteroatoms. The van der Waals surface area contributed by atoms with Crippen LogP contribution in [-0.4, -0.2) is 91.2 Å². The van der Waals surface area contributed by atoms with Crippen LogP contribution >= 0.6 is 0 Å². The molecule has 3 heterocycles. The fourth-order valence-electron chi connectivity index (χ4n) is 9.24. The van der Waals surface area contributed by atoms with E-state index in [1.54, 1.807) is 7.11 Å². The van der Waals surface area contributed by atoms with Crippen molar-refractivity contribution in [1.82, 2.24) is 4.98 Å². The van der Waals surface area contributed by atoms with Crippen LogP contribution in [0.5, 0.6) is 0 Å². The number of aliphatic hydroxyl groups is 1. The van der Waals surface area contributed by atoms with E-state index in [2.05, 4.69) is 31.0 Å². The molecule has 1 aromatic carbocycles. The van der Waals surface area contributed by atoms with Crippen molar-refractivity contribution >= 4 is 22.7 Å². The van der Waals surface area contributed by atoms with Gasteiger partial charge in [-0.05, 0) is 56.7 Å². The van der Waals surface area contributed by atoms with Crippen LogP contribution in [0.25, 0.3) is 10.9 Å². The van der Waals surface area contributed by atoms with Gasteiger partial charge in [0.05, 0.1) is 26.4 Å². The Balaban J connectivity index is 1.26. The summed E-state index contributed by atoms with van der Waals surface area (Å²) in [5.41, 5.74) is -0.225. The molecule has 2 aromatic rings. The lowest BCUT2D eigenvalue weighted by Gasteiger charge is -2.67. The number of para-hydroxylation sites is 1. The number of fused-ring (bicyclic) bond motifs is 9. The standard InChI is InChI=1S/C34H43NO9/c1-30(2)29-24(36)18-25-33(43-29,44-30)11-10-31(3)32(4)20(16-22-21-8-6-7-9-23(21)35-28(22)32)17-26(34(25,31)38)42-27(37)19-41-15-14-40-13-12-39-5/h6-9,18,20,26,29,35,38H,10-17,19H2,1-5H3/t20-,26+,29+,31?,32-,33+,34+/m1/s1. The molecule has 10 nitrogen and oxygen atoms in total. The Hall–Kier alpha value is -2.60. The second kappa shape index (κ2) is 10.2. The average Bonchev–Trinajstić information content (AvgIpc) is 3.57. The molecule has 3 aliphatic carbocycles. The molecule has 1 spiro atoms. The van der Waals surface area contributed by atoms with Gasteiger partial charge in [-0.1, -0.05) is 32.0 Å². The Morgan fingerprint density at radius 1 is 1.07 bits per heavy atom. The number of carbonyl (C=O) groups is 2. The Kier molecular flexibility index (Phi) is 6.97. The normalized spacial score (nSPS) is 38.1. The number of benzene rings is 1. The molecule has 7 rings (SSSR count). The van der Waals surface area contributed by atoms with Gasteiger partial charge in [-0.15, -0.1) is 0 Å². The number of ketones is 1. The lowest BCUT2D eigenvalue weighted by atomic mass is 9.41. The van der Waals surface area contributed by atoms with Crippen LogP contribution in [0.4, 0.5) is 0 Å². The Morgan fingerprint density at radius 2 is 1.82 bits per heavy atom. The molecule has 0 radical (unpaired) electrons. The first kappa shape index (κ1) is 30.1. The minimum atomic E-state index is -1.75. The molecule has 2 saturated carbocycles. The highest BCUT2D eigenvalue weighted by Crippen LogP contribution is 2.72. The zero-order valence-electron chi connectivity index (χ0n) is 26.2. The van der Waals surface area contributed by atoms with Gasteiger partial charge in [0.2, 0.25) is 0 Å². The molecule has 1 unspecified atom stereocenters. The summed E-state index contributed by atoms with van der Waals surface area (Å²) in [6.07, 6.45) is 2.01. The minimum absolute atomic E-state index is 0.0788. The fourth-order valence-corrected chi connectivity index (χ4v) is 9.24. The number of esters is 1. The van der Waals surface area contributed by atoms with Gasteiger partial charge in [-0.2, -0.15) is 0 Å². The number of hydrogen-bond acceptors (Lipinski definition) is 9. The van der Waals surface area contributed by atoms with Gasteiger partial charge in [0.15, 0.2) is 17.7 Å². The van der Waals surface area contributed by atoms with E-state index >= 15 is 0 Å². The highest BCUT2D eigenvalue weighted by Gasteiger charge is 2.78. The molecular formula is C34H43NO9. The van der Waals surface area contributed by atoms with Gasteiger partial charge in [-0.25, -0.2) is 4.79 Å². The summed E-state index contributed by atoms with van der Waals surface area (Å²) in [6, 6.07) is 8.28. The van der Waals surface area contributed by atoms with E-state index in [1.807, 2.05) is 26.0 Å². The fraction of sp³-hybridized carbons (Fsp3) is 0.647. The number of carbonyl (C=O) groups excluding carboxylic acids is 2. The van der Waals surface area contributed by atoms with Gasteiger partial charge in [-0.3, -0.25) is 4.79 Å². The van der Waals surface area contributed by atoms with Crippen LogP contribution in [0, 0.1) is 11.3 Å². The van der Waals surface area contributed by atoms with Gasteiger partial charge in [0.1, 0.15) is 23.9 Å². The molecule has 2 aliphatic heterocycles. The number of hydrogen-bond donors (Lipinski definition) is 2. The predicted octanol–water partition coefficient (Wildman–Crippen LogP) is 3.52. The molecule has 7 atom stereocenters. The predicted molar refractivity (Wildman–Crippen MR) is 159 cm³/mol. The molecule has 2 N–H and O–H groups in total. The van der Waals surface area contributed by atoms with Crippen molar-refractivity contribution < 1.29 is 43.1 Å². The molecule has 0 amide bonds. The number of nitrogens with one attached hydrogen (secondary N) is 1. The number of H-pyrrole nitrogens is 1. The summed E-state index contributed by atoms with van der Waals surface area (Å²) in [4.78, 5) is 30.5. The zero-order valence-corrected chi connectivity index (χ0v) is 26.2. The van der Waals surface area contributed by atoms with E-state index in [9.17, 15) is 14.7 Å². The van der Waals surface area contributed by atoms with E-state index in [4.69, 9.17) is 28.4 Å². The van der Waals surface area contributed by atoms with Crippen molar-refractivity contribution in [2.75, 3.05) is 40.1 Å². The molecule has 238 valence electrons. The third-order valence-corrected chi connectivity index (χ3v) is 11.5. The Labute approximate surface area is 257 Å². The second-order valence-electron chi connectivity index (χ2n) is 14.0. The first-order valence-corrected chi connectivity index (χ1v) is 15.7. The first-order valence-electron chi connectivity index (χ1n) is 15.7. The maximum atomic E-state index is 13.5. The molecule has 1 saturated heterocycles. The third kappa shape index (κ3) is 3.94. The third-order valence-electron chi connectivity index (χ3n) is 11.5. The summed E-state index contributed by atoms with van der Waals surface area (Å²) in [7, 11) is 1.60. The van der Waals surface area contributed by atoms with E-state index in [1.165, 1.54) is 17.0 Å². The summed E-state index contributed by atoms with van der Waals surface area (Å²) in [6.45, 7) is 9.16. The summed E-state index contributed by atoms with van der Waals surface area (Å²) in [5, 5.41) is 14.5. The quantitative estimate of drug-likeness (QED) is 0.325. The number of rotatable bonds is 9. The monoisotopic (exact) mass is 609 g/mol. The smallest absolute Gasteiger partial charge is 0.332 e. The number of aromatic amines is 1. The topological polar surface area (TPSA) is 126 Å². The SMILES string of the molecule is COCCOCCOCC(=O)O[C@H]1C[C@H]2Cc3c([nH]c4ccccc34)[C@]2(C)C2(C)CC[C@@]34O[C@@H](C(=O)C=C3[C@]12O)C(C)(C)O4. The Morgan fingerprint density at radius 3 is 2.61 bits per heavy atom. The van der Waals surface area contributed by atoms with Crippen molar-refractivity contribution in [3.05, 3.63) is 47.2 Å². The van der Waals surface area contributed by atoms with Gasteiger partial charge in [0, 0.05) is 46.5 Å². The first-order chi connectivity index (χ1) is 20.9. The second-order valence-corrected chi connectivity index (χ2v) is 14.0. The molecule has 3 fully saturated rings. The van der Waals surface area contributed by atoms with Crippen LogP contribution in [0.1, 0.15) is 58.2 Å². The Bertz CT molecular complexity index is 1530. The van der Waals surface area contributed by atoms with E-state index in [0.717, 1.165) is 17.6 Å². The molecule has 1 aromatic heterocycles. The highest BCUT2D eigenvalue weighted by atomic mass is 16.8. The van der Waals surface area contributed by atoms with Crippen LogP contribution in [-0.2, 0) is 49.8 Å². The summed E-state index contributed by atoms with van der Waals surface area (Å²) >= 11 is 0. The minimum Gasteiger partial charge on any atom is -0.457 e. The average molecular weight is 610 g/mol. The van der Waals surface area contributed by atoms with Crippen LogP contribution in [0.15, 0.2) is 35.9 Å². The highest BCUT2D eigenvalue weighted by molar-refractivity contribution is 5.97. The lowest BCUT2D eigenvalue weighted by molar-refractivity contribution is -0.277. The maximum absolute atomic E-state index is 13.5. The maximum Gasteiger partial charge on any atom is 0.332 e. The molecule has 44 heavy (non-hydrogen) atoms. The van der Waals surface area contributed by atoms with Crippen LogP contribution in [0.2, 0.25) is 0 Å². The number of methoxy groups -OCH3 is 1. The molecule has 5 aliphatic rings. The lowest BCUT2D eigenvalue weighted by Crippen LogP contribution is -2.75. The summed E-state index contributed by atoms with van der Waals surface area (Å²) < 4.78 is 35.1. The van der Waals surface area contributed by atoms with Crippen molar-refractivity contribution in [2.24, 2.45) is 11.3 Å². The van der Waals surface area contributed by atoms with Crippen molar-refractivity contribution in [2.45, 2.75) is 88.0 Å². The number of aromatic nitrogens is 1. The van der Waals surface area contributed by atoms with Crippen LogP contribution < -0.4 is 0 Å². The number of ether oxygens (including phenoxy) is 6. The van der Waals surface area contributed by atoms with Gasteiger partial charge >= 0.3 is 5.97 Å². The van der Waals surface area contributed by atoms with Gasteiger partial charge < -0.3 is 38.5 Å². The van der Waals surface area contributed by atoms with Crippen molar-refractivity contribution in [3.8, 4) is 0 Å². The van der Waals surface area contributed by atoms with Gasteiger partial charge in [0.25, 0.3) is 0 Å². The largest absolute Gasteiger partial charge is 0.457 e. The van der Waals surface area contributed by atoms with E-state index in [-0.39, 0.29) is 24.9 Å². The van der Waals surface area contributed by atoms with Crippen LogP contribution in [0.3, 0.4) is 0 Å².